The van der Waals surface area contributed by atoms with Crippen molar-refractivity contribution in [1.82, 2.24) is 25.1 Å². The fraction of sp³-hybridized carbons (Fsp3) is 0.455. The van der Waals surface area contributed by atoms with Crippen LogP contribution in [-0.2, 0) is 0 Å². The first-order valence-corrected chi connectivity index (χ1v) is 10.7. The van der Waals surface area contributed by atoms with Gasteiger partial charge in [-0.3, -0.25) is 10.00 Å². The molecule has 3 N–H and O–H groups in total. The van der Waals surface area contributed by atoms with Crippen molar-refractivity contribution in [2.75, 3.05) is 17.2 Å². The number of nitriles is 1. The molecule has 4 heterocycles. The molecule has 2 aliphatic rings. The lowest BCUT2D eigenvalue weighted by Gasteiger charge is -2.38. The first-order chi connectivity index (χ1) is 15.1. The molecule has 2 bridgehead atoms. The first-order valence-electron chi connectivity index (χ1n) is 10.7. The number of benzene rings is 1. The second-order valence-electron chi connectivity index (χ2n) is 8.46. The normalized spacial score (nSPS) is 23.1. The summed E-state index contributed by atoms with van der Waals surface area (Å²) in [4.78, 5) is 11.8. The van der Waals surface area contributed by atoms with E-state index in [-0.39, 0.29) is 11.9 Å². The molecule has 0 radical (unpaired) electrons. The molecule has 0 unspecified atom stereocenters. The molecular weight excluding hydrogens is 395 g/mol. The van der Waals surface area contributed by atoms with Crippen molar-refractivity contribution in [1.29, 1.82) is 5.26 Å². The van der Waals surface area contributed by atoms with Gasteiger partial charge in [0.1, 0.15) is 11.6 Å². The predicted octanol–water partition coefficient (Wildman–Crippen LogP) is 3.87. The molecular formula is C22H25FN8. The van der Waals surface area contributed by atoms with E-state index < -0.39 is 0 Å². The Morgan fingerprint density at radius 3 is 2.74 bits per heavy atom. The van der Waals surface area contributed by atoms with E-state index in [1.54, 1.807) is 6.07 Å². The summed E-state index contributed by atoms with van der Waals surface area (Å²) in [6, 6.07) is 9.91. The number of fused-ring (bicyclic) bond motifs is 3. The van der Waals surface area contributed by atoms with Gasteiger partial charge in [-0.15, -0.1) is 0 Å². The number of rotatable bonds is 6. The van der Waals surface area contributed by atoms with Crippen LogP contribution in [0.1, 0.15) is 37.8 Å². The van der Waals surface area contributed by atoms with Crippen LogP contribution in [0.15, 0.2) is 24.3 Å². The maximum absolute atomic E-state index is 13.9. The number of aromatic amines is 1. The molecule has 31 heavy (non-hydrogen) atoms. The average molecular weight is 420 g/mol. The van der Waals surface area contributed by atoms with Crippen LogP contribution in [0, 0.1) is 24.1 Å². The van der Waals surface area contributed by atoms with E-state index in [1.807, 2.05) is 13.0 Å². The minimum absolute atomic E-state index is 0.252. The molecule has 2 saturated heterocycles. The van der Waals surface area contributed by atoms with Crippen LogP contribution in [0.2, 0.25) is 0 Å². The van der Waals surface area contributed by atoms with Crippen molar-refractivity contribution < 1.29 is 4.39 Å². The smallest absolute Gasteiger partial charge is 0.225 e. The van der Waals surface area contributed by atoms with Crippen molar-refractivity contribution >= 4 is 28.5 Å². The Bertz CT molecular complexity index is 1120. The summed E-state index contributed by atoms with van der Waals surface area (Å²) in [5.41, 5.74) is 1.48. The van der Waals surface area contributed by atoms with E-state index in [0.717, 1.165) is 30.5 Å². The van der Waals surface area contributed by atoms with E-state index in [2.05, 4.69) is 36.8 Å². The quantitative estimate of drug-likeness (QED) is 0.556. The number of halogens is 1. The van der Waals surface area contributed by atoms with Gasteiger partial charge in [0, 0.05) is 54.3 Å². The van der Waals surface area contributed by atoms with E-state index in [9.17, 15) is 4.39 Å². The van der Waals surface area contributed by atoms with Gasteiger partial charge < -0.3 is 10.6 Å². The first kappa shape index (κ1) is 19.7. The lowest BCUT2D eigenvalue weighted by molar-refractivity contribution is 0.135. The highest BCUT2D eigenvalue weighted by Gasteiger charge is 2.40. The SMILES string of the molecule is Cc1cc(Nc2nc(N[C@@H]3C[C@H]4CC[C@@H](C3)N4CCC#N)nc3cc(F)ccc23)n[nH]1. The predicted molar refractivity (Wildman–Crippen MR) is 116 cm³/mol. The second-order valence-corrected chi connectivity index (χ2v) is 8.46. The Labute approximate surface area is 179 Å². The molecule has 0 spiro atoms. The zero-order chi connectivity index (χ0) is 21.4. The van der Waals surface area contributed by atoms with Gasteiger partial charge in [0.25, 0.3) is 0 Å². The number of aromatic nitrogens is 4. The van der Waals surface area contributed by atoms with Crippen molar-refractivity contribution in [3.05, 3.63) is 35.8 Å². The van der Waals surface area contributed by atoms with Gasteiger partial charge in [-0.05, 0) is 44.7 Å². The highest BCUT2D eigenvalue weighted by atomic mass is 19.1. The number of nitrogens with one attached hydrogen (secondary N) is 3. The van der Waals surface area contributed by atoms with Crippen molar-refractivity contribution in [3.8, 4) is 6.07 Å². The van der Waals surface area contributed by atoms with E-state index in [4.69, 9.17) is 10.2 Å². The van der Waals surface area contributed by atoms with E-state index >= 15 is 0 Å². The van der Waals surface area contributed by atoms with Crippen LogP contribution < -0.4 is 10.6 Å². The fourth-order valence-corrected chi connectivity index (χ4v) is 4.98. The van der Waals surface area contributed by atoms with Crippen LogP contribution >= 0.6 is 0 Å². The maximum Gasteiger partial charge on any atom is 0.225 e. The third kappa shape index (κ3) is 4.03. The van der Waals surface area contributed by atoms with Gasteiger partial charge in [-0.2, -0.15) is 15.3 Å². The van der Waals surface area contributed by atoms with Crippen LogP contribution in [-0.4, -0.2) is 49.7 Å². The van der Waals surface area contributed by atoms with Gasteiger partial charge in [-0.25, -0.2) is 9.37 Å². The summed E-state index contributed by atoms with van der Waals surface area (Å²) in [6.07, 6.45) is 4.90. The van der Waals surface area contributed by atoms with Gasteiger partial charge in [0.2, 0.25) is 5.95 Å². The number of hydrogen-bond donors (Lipinski definition) is 3. The molecule has 160 valence electrons. The van der Waals surface area contributed by atoms with Crippen LogP contribution in [0.25, 0.3) is 10.9 Å². The number of anilines is 3. The summed E-state index contributed by atoms with van der Waals surface area (Å²) in [5.74, 6) is 1.40. The molecule has 9 heteroatoms. The largest absolute Gasteiger partial charge is 0.351 e. The van der Waals surface area contributed by atoms with Crippen LogP contribution in [0.5, 0.6) is 0 Å². The zero-order valence-electron chi connectivity index (χ0n) is 17.4. The Morgan fingerprint density at radius 2 is 2.03 bits per heavy atom. The lowest BCUT2D eigenvalue weighted by atomic mass is 9.97. The van der Waals surface area contributed by atoms with Crippen molar-refractivity contribution in [2.24, 2.45) is 0 Å². The molecule has 2 fully saturated rings. The molecule has 8 nitrogen and oxygen atoms in total. The van der Waals surface area contributed by atoms with Crippen molar-refractivity contribution in [3.63, 3.8) is 0 Å². The van der Waals surface area contributed by atoms with Gasteiger partial charge in [-0.1, -0.05) is 0 Å². The lowest BCUT2D eigenvalue weighted by Crippen LogP contribution is -2.47. The number of H-pyrrole nitrogens is 1. The zero-order valence-corrected chi connectivity index (χ0v) is 17.4. The Morgan fingerprint density at radius 1 is 1.23 bits per heavy atom. The van der Waals surface area contributed by atoms with E-state index in [1.165, 1.54) is 25.0 Å². The maximum atomic E-state index is 13.9. The van der Waals surface area contributed by atoms with Gasteiger partial charge in [0.05, 0.1) is 11.6 Å². The van der Waals surface area contributed by atoms with Gasteiger partial charge >= 0.3 is 0 Å². The fourth-order valence-electron chi connectivity index (χ4n) is 4.98. The molecule has 1 aromatic carbocycles. The molecule has 3 aromatic rings. The minimum Gasteiger partial charge on any atom is -0.351 e. The van der Waals surface area contributed by atoms with Crippen LogP contribution in [0.4, 0.5) is 22.0 Å². The minimum atomic E-state index is -0.331. The Kier molecular flexibility index (Phi) is 5.16. The topological polar surface area (TPSA) is 106 Å². The van der Waals surface area contributed by atoms with Gasteiger partial charge in [0.15, 0.2) is 5.82 Å². The third-order valence-corrected chi connectivity index (χ3v) is 6.31. The third-order valence-electron chi connectivity index (χ3n) is 6.31. The summed E-state index contributed by atoms with van der Waals surface area (Å²) < 4.78 is 13.9. The highest BCUT2D eigenvalue weighted by Crippen LogP contribution is 2.37. The highest BCUT2D eigenvalue weighted by molar-refractivity contribution is 5.91. The number of nitrogens with zero attached hydrogens (tertiary/aromatic N) is 5. The number of piperidine rings is 1. The monoisotopic (exact) mass is 420 g/mol. The molecule has 2 aliphatic heterocycles. The average Bonchev–Trinajstić information content (AvgIpc) is 3.25. The van der Waals surface area contributed by atoms with Crippen LogP contribution in [0.3, 0.4) is 0 Å². The second kappa shape index (κ2) is 8.12. The number of hydrogen-bond acceptors (Lipinski definition) is 7. The Balaban J connectivity index is 1.39. The standard InChI is InChI=1S/C22H25FN8/c1-13-9-20(30-29-13)27-21-18-6-3-14(23)10-19(18)26-22(28-21)25-15-11-16-4-5-17(12-15)31(16)8-2-7-24/h3,6,9-10,15-17H,2,4-5,8,11-12H2,1H3,(H3,25,26,27,28,29,30)/t15-,16-,17+. The molecule has 0 saturated carbocycles. The Hall–Kier alpha value is -3.25. The summed E-state index contributed by atoms with van der Waals surface area (Å²) in [7, 11) is 0. The molecule has 5 rings (SSSR count). The molecule has 0 aliphatic carbocycles. The number of aryl methyl sites for hydroxylation is 1. The molecule has 3 atom stereocenters. The molecule has 2 aromatic heterocycles. The van der Waals surface area contributed by atoms with E-state index in [0.29, 0.717) is 41.6 Å². The molecule has 0 amide bonds. The summed E-state index contributed by atoms with van der Waals surface area (Å²) in [6.45, 7) is 2.78. The summed E-state index contributed by atoms with van der Waals surface area (Å²) >= 11 is 0. The summed E-state index contributed by atoms with van der Waals surface area (Å²) in [5, 5.41) is 23.5. The van der Waals surface area contributed by atoms with Crippen molar-refractivity contribution in [2.45, 2.75) is 57.2 Å².